The third-order valence-corrected chi connectivity index (χ3v) is 1.94. The van der Waals surface area contributed by atoms with Crippen LogP contribution >= 0.6 is 0 Å². The number of rotatable bonds is 6. The first-order valence-electron chi connectivity index (χ1n) is 5.77. The first kappa shape index (κ1) is 14.0. The highest BCUT2D eigenvalue weighted by molar-refractivity contribution is 5.91. The van der Waals surface area contributed by atoms with Crippen LogP contribution in [0.3, 0.4) is 0 Å². The number of hydrogen-bond acceptors (Lipinski definition) is 4. The molecule has 1 rings (SSSR count). The molecule has 0 aromatic carbocycles. The Hall–Kier alpha value is -2.04. The molecule has 5 nitrogen and oxygen atoms in total. The first-order chi connectivity index (χ1) is 8.58. The second kappa shape index (κ2) is 7.32. The lowest BCUT2D eigenvalue weighted by atomic mass is 10.3. The van der Waals surface area contributed by atoms with Crippen molar-refractivity contribution in [3.8, 4) is 0 Å². The molecule has 1 aromatic heterocycles. The van der Waals surface area contributed by atoms with Gasteiger partial charge in [-0.05, 0) is 32.1 Å². The summed E-state index contributed by atoms with van der Waals surface area (Å²) in [5, 5.41) is 2.58. The van der Waals surface area contributed by atoms with Crippen molar-refractivity contribution in [2.75, 3.05) is 6.54 Å². The Bertz CT molecular complexity index is 407. The number of ether oxygens (including phenoxy) is 1. The molecule has 0 bridgehead atoms. The maximum atomic E-state index is 11.4. The quantitative estimate of drug-likeness (QED) is 0.617. The molecule has 1 aromatic rings. The fourth-order valence-electron chi connectivity index (χ4n) is 1.21. The summed E-state index contributed by atoms with van der Waals surface area (Å²) < 4.78 is 9.96. The molecule has 18 heavy (non-hydrogen) atoms. The van der Waals surface area contributed by atoms with E-state index >= 15 is 0 Å². The molecule has 5 heteroatoms. The number of nitrogens with one attached hydrogen (secondary N) is 1. The van der Waals surface area contributed by atoms with Gasteiger partial charge in [0.2, 0.25) is 5.91 Å². The van der Waals surface area contributed by atoms with E-state index < -0.39 is 0 Å². The van der Waals surface area contributed by atoms with E-state index in [4.69, 9.17) is 9.15 Å². The zero-order valence-electron chi connectivity index (χ0n) is 10.5. The number of furan rings is 1. The third-order valence-electron chi connectivity index (χ3n) is 1.94. The van der Waals surface area contributed by atoms with Gasteiger partial charge >= 0.3 is 5.97 Å². The zero-order valence-corrected chi connectivity index (χ0v) is 10.5. The fourth-order valence-corrected chi connectivity index (χ4v) is 1.21. The van der Waals surface area contributed by atoms with Gasteiger partial charge < -0.3 is 14.5 Å². The largest absolute Gasteiger partial charge is 0.465 e. The van der Waals surface area contributed by atoms with Crippen molar-refractivity contribution in [3.63, 3.8) is 0 Å². The monoisotopic (exact) mass is 251 g/mol. The summed E-state index contributed by atoms with van der Waals surface area (Å²) in [6, 6.07) is 3.48. The van der Waals surface area contributed by atoms with E-state index in [9.17, 15) is 9.59 Å². The summed E-state index contributed by atoms with van der Waals surface area (Å²) in [6.07, 6.45) is 4.47. The van der Waals surface area contributed by atoms with Gasteiger partial charge in [-0.15, -0.1) is 0 Å². The van der Waals surface area contributed by atoms with Crippen molar-refractivity contribution in [2.24, 2.45) is 0 Å². The van der Waals surface area contributed by atoms with Crippen LogP contribution in [-0.2, 0) is 14.3 Å². The standard InChI is InChI=1S/C13H17NO4/c1-10(2)18-13(16)7-8-14-12(15)6-5-11-4-3-9-17-11/h3-6,9-10H,7-8H2,1-2H3,(H,14,15)/b6-5+. The number of esters is 1. The second-order valence-electron chi connectivity index (χ2n) is 3.93. The second-order valence-corrected chi connectivity index (χ2v) is 3.93. The molecule has 0 unspecified atom stereocenters. The van der Waals surface area contributed by atoms with Crippen molar-refractivity contribution in [1.29, 1.82) is 0 Å². The summed E-state index contributed by atoms with van der Waals surface area (Å²) in [5.74, 6) is 0.00780. The van der Waals surface area contributed by atoms with Crippen molar-refractivity contribution in [3.05, 3.63) is 30.2 Å². The minimum Gasteiger partial charge on any atom is -0.465 e. The first-order valence-corrected chi connectivity index (χ1v) is 5.77. The van der Waals surface area contributed by atoms with E-state index in [1.54, 1.807) is 32.1 Å². The molecule has 1 N–H and O–H groups in total. The summed E-state index contributed by atoms with van der Waals surface area (Å²) in [7, 11) is 0. The van der Waals surface area contributed by atoms with Gasteiger partial charge in [-0.25, -0.2) is 0 Å². The molecule has 0 fully saturated rings. The Morgan fingerprint density at radius 2 is 2.28 bits per heavy atom. The number of carbonyl (C=O) groups is 2. The summed E-state index contributed by atoms with van der Waals surface area (Å²) in [4.78, 5) is 22.5. The predicted molar refractivity (Wildman–Crippen MR) is 66.6 cm³/mol. The third kappa shape index (κ3) is 5.89. The van der Waals surface area contributed by atoms with E-state index in [0.29, 0.717) is 5.76 Å². The molecular weight excluding hydrogens is 234 g/mol. The van der Waals surface area contributed by atoms with Gasteiger partial charge in [0.05, 0.1) is 18.8 Å². The molecule has 0 saturated carbocycles. The van der Waals surface area contributed by atoms with Gasteiger partial charge in [-0.2, -0.15) is 0 Å². The minimum absolute atomic E-state index is 0.132. The normalized spacial score (nSPS) is 10.8. The lowest BCUT2D eigenvalue weighted by Crippen LogP contribution is -2.25. The number of hydrogen-bond donors (Lipinski definition) is 1. The van der Waals surface area contributed by atoms with Crippen LogP contribution in [0.15, 0.2) is 28.9 Å². The van der Waals surface area contributed by atoms with Crippen molar-refractivity contribution < 1.29 is 18.7 Å². The van der Waals surface area contributed by atoms with Crippen LogP contribution in [0.4, 0.5) is 0 Å². The Kier molecular flexibility index (Phi) is 5.70. The van der Waals surface area contributed by atoms with Gasteiger partial charge in [0.25, 0.3) is 0 Å². The van der Waals surface area contributed by atoms with Crippen molar-refractivity contribution in [2.45, 2.75) is 26.4 Å². The molecule has 0 atom stereocenters. The van der Waals surface area contributed by atoms with Gasteiger partial charge in [-0.3, -0.25) is 9.59 Å². The molecule has 0 aliphatic heterocycles. The van der Waals surface area contributed by atoms with Crippen molar-refractivity contribution >= 4 is 18.0 Å². The summed E-state index contributed by atoms with van der Waals surface area (Å²) in [6.45, 7) is 3.82. The van der Waals surface area contributed by atoms with E-state index in [2.05, 4.69) is 5.32 Å². The van der Waals surface area contributed by atoms with Crippen LogP contribution in [0.2, 0.25) is 0 Å². The average molecular weight is 251 g/mol. The molecular formula is C13H17NO4. The van der Waals surface area contributed by atoms with Gasteiger partial charge in [0.15, 0.2) is 0 Å². The lowest BCUT2D eigenvalue weighted by molar-refractivity contribution is -0.147. The van der Waals surface area contributed by atoms with E-state index in [1.165, 1.54) is 12.3 Å². The molecule has 98 valence electrons. The van der Waals surface area contributed by atoms with Gasteiger partial charge in [-0.1, -0.05) is 0 Å². The molecule has 0 spiro atoms. The number of carbonyl (C=O) groups excluding carboxylic acids is 2. The Morgan fingerprint density at radius 3 is 2.89 bits per heavy atom. The van der Waals surface area contributed by atoms with E-state index in [1.807, 2.05) is 0 Å². The molecule has 0 aliphatic rings. The fraction of sp³-hybridized carbons (Fsp3) is 0.385. The Balaban J connectivity index is 2.19. The highest BCUT2D eigenvalue weighted by atomic mass is 16.5. The molecule has 0 saturated heterocycles. The highest BCUT2D eigenvalue weighted by Gasteiger charge is 2.05. The zero-order chi connectivity index (χ0) is 13.4. The lowest BCUT2D eigenvalue weighted by Gasteiger charge is -2.07. The predicted octanol–water partition coefficient (Wildman–Crippen LogP) is 1.75. The molecule has 1 heterocycles. The Labute approximate surface area is 106 Å². The molecule has 0 aliphatic carbocycles. The maximum Gasteiger partial charge on any atom is 0.307 e. The summed E-state index contributed by atoms with van der Waals surface area (Å²) in [5.41, 5.74) is 0. The van der Waals surface area contributed by atoms with Gasteiger partial charge in [0.1, 0.15) is 5.76 Å². The van der Waals surface area contributed by atoms with E-state index in [-0.39, 0.29) is 30.9 Å². The minimum atomic E-state index is -0.319. The van der Waals surface area contributed by atoms with Crippen LogP contribution < -0.4 is 5.32 Å². The van der Waals surface area contributed by atoms with Crippen LogP contribution in [-0.4, -0.2) is 24.5 Å². The van der Waals surface area contributed by atoms with Crippen LogP contribution in [0.1, 0.15) is 26.0 Å². The smallest absolute Gasteiger partial charge is 0.307 e. The van der Waals surface area contributed by atoms with E-state index in [0.717, 1.165) is 0 Å². The Morgan fingerprint density at radius 1 is 1.50 bits per heavy atom. The summed E-state index contributed by atoms with van der Waals surface area (Å²) >= 11 is 0. The molecule has 1 amide bonds. The maximum absolute atomic E-state index is 11.4. The van der Waals surface area contributed by atoms with Gasteiger partial charge in [0, 0.05) is 12.6 Å². The van der Waals surface area contributed by atoms with Crippen LogP contribution in [0.5, 0.6) is 0 Å². The van der Waals surface area contributed by atoms with Crippen LogP contribution in [0.25, 0.3) is 6.08 Å². The van der Waals surface area contributed by atoms with Crippen LogP contribution in [0, 0.1) is 0 Å². The SMILES string of the molecule is CC(C)OC(=O)CCNC(=O)/C=C/c1ccco1. The topological polar surface area (TPSA) is 68.5 Å². The highest BCUT2D eigenvalue weighted by Crippen LogP contribution is 2.01. The average Bonchev–Trinajstić information content (AvgIpc) is 2.78. The van der Waals surface area contributed by atoms with Crippen molar-refractivity contribution in [1.82, 2.24) is 5.32 Å². The molecule has 0 radical (unpaired) electrons. The number of amides is 1.